The Morgan fingerprint density at radius 1 is 0.871 bits per heavy atom. The molecule has 494 valence electrons. The molecule has 0 spiro atoms. The molecule has 4 N–H and O–H groups in total. The number of amides is 6. The van der Waals surface area contributed by atoms with Gasteiger partial charge in [-0.3, -0.25) is 48.6 Å². The molecule has 0 bridgehead atoms. The number of piperazine rings is 1. The van der Waals surface area contributed by atoms with E-state index in [0.29, 0.717) is 46.2 Å². The standard InChI is InChI=1S/C61H64ClF4N11O14S2/c1-36-39(10-12-44(53(36)62)88-28-25-75-23-21-74(2)22-24-75)51-52-57(69-35-70-58(52)92-54(51)45-13-14-47(63)90-45)91-46(32-37-6-3-4-9-43(37)89-33-38-16-18-71-76(38)34-61(64,65)66)56(81)73-93(84,85)31-20-68-48(78)17-26-86-29-30-87-27-19-67-41-8-5-7-40-50(41)60(83)77(59(40)82)42-11-15-49(79)72-55(42)80/h3-10,12-14,16,18,35,42,46,67H,11,15,17,19-34H2,1-2H3,(H,68,78)(H,73,81)(H,72,79,80)/t42?,46-/m1/s1. The van der Waals surface area contributed by atoms with Crippen LogP contribution in [0.4, 0.5) is 23.2 Å². The lowest BCUT2D eigenvalue weighted by molar-refractivity contribution is -0.143. The Morgan fingerprint density at radius 2 is 1.66 bits per heavy atom. The second-order valence-electron chi connectivity index (χ2n) is 21.8. The predicted molar refractivity (Wildman–Crippen MR) is 330 cm³/mol. The average Bonchev–Trinajstić information content (AvgIpc) is 1.62. The van der Waals surface area contributed by atoms with Crippen molar-refractivity contribution in [2.45, 2.75) is 64.1 Å². The number of piperidine rings is 1. The fourth-order valence-electron chi connectivity index (χ4n) is 10.6. The van der Waals surface area contributed by atoms with Gasteiger partial charge in [-0.05, 0) is 73.5 Å². The number of nitrogens with zero attached hydrogens (tertiary/aromatic N) is 7. The van der Waals surface area contributed by atoms with Crippen molar-refractivity contribution in [3.63, 3.8) is 0 Å². The van der Waals surface area contributed by atoms with Crippen molar-refractivity contribution in [1.29, 1.82) is 0 Å². The Bertz CT molecular complexity index is 4030. The van der Waals surface area contributed by atoms with Gasteiger partial charge >= 0.3 is 6.18 Å². The number of halogens is 5. The summed E-state index contributed by atoms with van der Waals surface area (Å²) in [7, 11) is -2.48. The molecule has 3 aliphatic rings. The third kappa shape index (κ3) is 16.8. The van der Waals surface area contributed by atoms with Crippen LogP contribution in [0.3, 0.4) is 0 Å². The summed E-state index contributed by atoms with van der Waals surface area (Å²) in [6.07, 6.45) is -4.58. The van der Waals surface area contributed by atoms with Crippen LogP contribution < -0.4 is 34.9 Å². The molecular formula is C61H64ClF4N11O14S2. The number of ether oxygens (including phenoxy) is 5. The molecule has 3 aliphatic heterocycles. The van der Waals surface area contributed by atoms with Gasteiger partial charge in [-0.25, -0.2) is 23.1 Å². The first-order valence-electron chi connectivity index (χ1n) is 29.5. The normalized spacial score (nSPS) is 15.9. The summed E-state index contributed by atoms with van der Waals surface area (Å²) < 4.78 is 121. The molecule has 7 heterocycles. The molecule has 25 nitrogen and oxygen atoms in total. The Hall–Kier alpha value is -8.59. The molecule has 7 aromatic rings. The molecule has 2 fully saturated rings. The van der Waals surface area contributed by atoms with Crippen molar-refractivity contribution >= 4 is 84.3 Å². The maximum Gasteiger partial charge on any atom is 0.408 e. The predicted octanol–water partition coefficient (Wildman–Crippen LogP) is 6.17. The summed E-state index contributed by atoms with van der Waals surface area (Å²) in [4.78, 5) is 93.2. The number of nitrogens with one attached hydrogen (secondary N) is 4. The zero-order valence-corrected chi connectivity index (χ0v) is 52.6. The van der Waals surface area contributed by atoms with E-state index in [-0.39, 0.29) is 114 Å². The first kappa shape index (κ1) is 67.3. The van der Waals surface area contributed by atoms with E-state index in [1.54, 1.807) is 49.4 Å². The maximum atomic E-state index is 14.7. The summed E-state index contributed by atoms with van der Waals surface area (Å²) in [6.45, 7) is 4.68. The van der Waals surface area contributed by atoms with Crippen LogP contribution in [-0.4, -0.2) is 188 Å². The summed E-state index contributed by atoms with van der Waals surface area (Å²) >= 11 is 8.16. The summed E-state index contributed by atoms with van der Waals surface area (Å²) in [5.74, 6) is -4.63. The van der Waals surface area contributed by atoms with Crippen molar-refractivity contribution in [3.8, 4) is 39.1 Å². The fourth-order valence-corrected chi connectivity index (χ4v) is 12.9. The molecule has 2 atom stereocenters. The lowest BCUT2D eigenvalue weighted by Crippen LogP contribution is -2.54. The Balaban J connectivity index is 0.782. The molecule has 4 aromatic heterocycles. The number of rotatable bonds is 30. The number of thiophene rings is 1. The van der Waals surface area contributed by atoms with E-state index in [1.807, 2.05) is 0 Å². The van der Waals surface area contributed by atoms with Gasteiger partial charge in [0.05, 0.1) is 64.3 Å². The van der Waals surface area contributed by atoms with Crippen LogP contribution in [0.2, 0.25) is 5.02 Å². The number of para-hydroxylation sites is 1. The number of benzene rings is 3. The quantitative estimate of drug-likeness (QED) is 0.0222. The van der Waals surface area contributed by atoms with E-state index in [9.17, 15) is 54.7 Å². The number of fused-ring (bicyclic) bond motifs is 2. The molecule has 0 aliphatic carbocycles. The maximum absolute atomic E-state index is 14.7. The Kier molecular flexibility index (Phi) is 21.7. The minimum absolute atomic E-state index is 0.0122. The van der Waals surface area contributed by atoms with Gasteiger partial charge in [0.1, 0.15) is 54.2 Å². The largest absolute Gasteiger partial charge is 0.491 e. The van der Waals surface area contributed by atoms with Gasteiger partial charge in [0.25, 0.3) is 23.7 Å². The van der Waals surface area contributed by atoms with Crippen LogP contribution in [-0.2, 0) is 58.2 Å². The highest BCUT2D eigenvalue weighted by molar-refractivity contribution is 7.90. The lowest BCUT2D eigenvalue weighted by Gasteiger charge is -2.32. The van der Waals surface area contributed by atoms with Crippen LogP contribution in [0.15, 0.2) is 89.7 Å². The minimum atomic E-state index is -4.59. The van der Waals surface area contributed by atoms with E-state index in [0.717, 1.165) is 59.5 Å². The smallest absolute Gasteiger partial charge is 0.408 e. The van der Waals surface area contributed by atoms with Crippen molar-refractivity contribution < 1.29 is 82.8 Å². The number of carbonyl (C=O) groups is 6. The van der Waals surface area contributed by atoms with E-state index in [4.69, 9.17) is 39.7 Å². The Labute approximate surface area is 539 Å². The van der Waals surface area contributed by atoms with Gasteiger partial charge < -0.3 is 43.6 Å². The Morgan fingerprint density at radius 3 is 2.42 bits per heavy atom. The van der Waals surface area contributed by atoms with E-state index < -0.39 is 95.1 Å². The van der Waals surface area contributed by atoms with Crippen LogP contribution in [0.25, 0.3) is 32.0 Å². The van der Waals surface area contributed by atoms with E-state index in [1.165, 1.54) is 30.5 Å². The van der Waals surface area contributed by atoms with E-state index in [2.05, 4.69) is 52.6 Å². The molecule has 6 amide bonds. The molecule has 0 saturated carbocycles. The van der Waals surface area contributed by atoms with Crippen molar-refractivity contribution in [3.05, 3.63) is 124 Å². The molecule has 10 rings (SSSR count). The average molecular weight is 1350 g/mol. The highest BCUT2D eigenvalue weighted by Crippen LogP contribution is 2.50. The number of carbonyl (C=O) groups excluding carboxylic acids is 6. The van der Waals surface area contributed by atoms with Gasteiger partial charge in [-0.15, -0.1) is 11.3 Å². The zero-order chi connectivity index (χ0) is 66.0. The van der Waals surface area contributed by atoms with Crippen LogP contribution in [0.5, 0.6) is 17.4 Å². The number of anilines is 1. The molecule has 2 saturated heterocycles. The molecule has 32 heteroatoms. The fraction of sp³-hybridized carbons (Fsp3) is 0.393. The highest BCUT2D eigenvalue weighted by atomic mass is 35.5. The topological polar surface area (TPSA) is 297 Å². The van der Waals surface area contributed by atoms with Gasteiger partial charge in [-0.2, -0.15) is 22.7 Å². The molecule has 0 radical (unpaired) electrons. The molecule has 1 unspecified atom stereocenters. The van der Waals surface area contributed by atoms with Crippen LogP contribution in [0, 0.1) is 12.9 Å². The highest BCUT2D eigenvalue weighted by Gasteiger charge is 2.46. The SMILES string of the molecule is Cc1c(-c2c(-c3ccc(F)o3)sc3ncnc(O[C@H](Cc4ccccc4OCc4ccnn4CC(F)(F)F)C(=O)NS(=O)(=O)CCNC(=O)CCOCCOCCNc4cccc5c4C(=O)N(C4CCC(=O)NC4=O)C5=O)c23)ccc(OCCN2CCN(C)CC2)c1Cl. The molecule has 93 heavy (non-hydrogen) atoms. The van der Waals surface area contributed by atoms with Gasteiger partial charge in [0.15, 0.2) is 6.10 Å². The summed E-state index contributed by atoms with van der Waals surface area (Å²) in [6, 6.07) is 16.3. The number of hydrogen-bond donors (Lipinski definition) is 4. The second kappa shape index (κ2) is 30.0. The van der Waals surface area contributed by atoms with Crippen molar-refractivity contribution in [2.75, 3.05) is 97.0 Å². The van der Waals surface area contributed by atoms with Crippen molar-refractivity contribution in [2.24, 2.45) is 0 Å². The second-order valence-corrected chi connectivity index (χ2v) is 25.0. The third-order valence-electron chi connectivity index (χ3n) is 15.4. The number of likely N-dealkylation sites (N-methyl/N-ethyl adjacent to an activating group) is 1. The monoisotopic (exact) mass is 1350 g/mol. The number of imide groups is 2. The number of alkyl halides is 3. The van der Waals surface area contributed by atoms with Gasteiger partial charge in [0, 0.05) is 88.6 Å². The van der Waals surface area contributed by atoms with E-state index >= 15 is 0 Å². The number of hydrogen-bond acceptors (Lipinski definition) is 21. The minimum Gasteiger partial charge on any atom is -0.491 e. The third-order valence-corrected chi connectivity index (χ3v) is 18.2. The summed E-state index contributed by atoms with van der Waals surface area (Å²) in [5, 5.41) is 12.0. The van der Waals surface area contributed by atoms with Gasteiger partial charge in [0.2, 0.25) is 33.6 Å². The molecule has 3 aromatic carbocycles. The van der Waals surface area contributed by atoms with Gasteiger partial charge in [-0.1, -0.05) is 41.9 Å². The first-order chi connectivity index (χ1) is 44.6. The molecular weight excluding hydrogens is 1290 g/mol. The zero-order valence-electron chi connectivity index (χ0n) is 50.2. The van der Waals surface area contributed by atoms with Crippen molar-refractivity contribution in [1.82, 2.24) is 49.8 Å². The number of furan rings is 1. The summed E-state index contributed by atoms with van der Waals surface area (Å²) in [5.41, 5.74) is 2.31. The number of aromatic nitrogens is 4. The first-order valence-corrected chi connectivity index (χ1v) is 32.3. The van der Waals surface area contributed by atoms with Crippen LogP contribution >= 0.6 is 22.9 Å². The number of sulfonamides is 1. The lowest BCUT2D eigenvalue weighted by atomic mass is 9.97. The van der Waals surface area contributed by atoms with Crippen LogP contribution in [0.1, 0.15) is 56.8 Å².